The molecule has 0 bridgehead atoms. The second-order valence-electron chi connectivity index (χ2n) is 6.69. The Kier molecular flexibility index (Phi) is 6.29. The van der Waals surface area contributed by atoms with Crippen LogP contribution in [-0.2, 0) is 14.8 Å². The highest BCUT2D eigenvalue weighted by atomic mass is 32.2. The van der Waals surface area contributed by atoms with E-state index in [4.69, 9.17) is 4.74 Å². The highest BCUT2D eigenvalue weighted by molar-refractivity contribution is 7.89. The number of aromatic nitrogens is 1. The van der Waals surface area contributed by atoms with E-state index in [9.17, 15) is 8.42 Å². The molecule has 1 saturated heterocycles. The van der Waals surface area contributed by atoms with Crippen LogP contribution in [0.3, 0.4) is 0 Å². The van der Waals surface area contributed by atoms with Gasteiger partial charge in [0.15, 0.2) is 5.13 Å². The predicted octanol–water partition coefficient (Wildman–Crippen LogP) is 3.29. The van der Waals surface area contributed by atoms with Crippen molar-refractivity contribution in [2.75, 3.05) is 38.2 Å². The molecule has 1 aliphatic rings. The maximum atomic E-state index is 12.7. The molecule has 0 saturated carbocycles. The number of hydrogen-bond donors (Lipinski definition) is 1. The van der Waals surface area contributed by atoms with Crippen molar-refractivity contribution in [3.63, 3.8) is 0 Å². The molecular weight excluding hydrogens is 370 g/mol. The zero-order chi connectivity index (χ0) is 18.6. The smallest absolute Gasteiger partial charge is 0.243 e. The molecule has 0 atom stereocenters. The van der Waals surface area contributed by atoms with Crippen molar-refractivity contribution in [2.45, 2.75) is 25.2 Å². The minimum Gasteiger partial charge on any atom is -0.379 e. The number of anilines is 1. The first-order valence-electron chi connectivity index (χ1n) is 8.84. The third kappa shape index (κ3) is 4.62. The van der Waals surface area contributed by atoms with Crippen LogP contribution in [-0.4, -0.2) is 50.6 Å². The van der Waals surface area contributed by atoms with Gasteiger partial charge in [0.2, 0.25) is 10.0 Å². The quantitative estimate of drug-likeness (QED) is 0.779. The molecule has 6 nitrogen and oxygen atoms in total. The number of sulfonamides is 1. The lowest BCUT2D eigenvalue weighted by atomic mass is 10.1. The van der Waals surface area contributed by atoms with Crippen LogP contribution < -0.4 is 5.32 Å². The Morgan fingerprint density at radius 2 is 1.92 bits per heavy atom. The monoisotopic (exact) mass is 395 g/mol. The van der Waals surface area contributed by atoms with Crippen LogP contribution >= 0.6 is 11.3 Å². The van der Waals surface area contributed by atoms with Crippen molar-refractivity contribution in [3.05, 3.63) is 29.6 Å². The summed E-state index contributed by atoms with van der Waals surface area (Å²) in [6.07, 6.45) is 1.10. The first-order chi connectivity index (χ1) is 12.5. The van der Waals surface area contributed by atoms with Gasteiger partial charge >= 0.3 is 0 Å². The van der Waals surface area contributed by atoms with E-state index >= 15 is 0 Å². The Morgan fingerprint density at radius 1 is 1.23 bits per heavy atom. The maximum Gasteiger partial charge on any atom is 0.243 e. The summed E-state index contributed by atoms with van der Waals surface area (Å²) in [6.45, 7) is 7.00. The highest BCUT2D eigenvalue weighted by Crippen LogP contribution is 2.27. The summed E-state index contributed by atoms with van der Waals surface area (Å²) in [4.78, 5) is 4.90. The minimum atomic E-state index is -3.45. The number of hydrogen-bond acceptors (Lipinski definition) is 6. The molecule has 1 aromatic heterocycles. The van der Waals surface area contributed by atoms with Gasteiger partial charge in [-0.1, -0.05) is 26.0 Å². The van der Waals surface area contributed by atoms with Crippen LogP contribution in [0.5, 0.6) is 0 Å². The standard InChI is InChI=1S/C18H25N3O3S2/c1-14(2)7-8-19-18-20-17(13-25-18)15-3-5-16(6-4-15)26(22,23)21-9-11-24-12-10-21/h3-6,13-14H,7-12H2,1-2H3,(H,19,20). The third-order valence-electron chi connectivity index (χ3n) is 4.26. The highest BCUT2D eigenvalue weighted by Gasteiger charge is 2.26. The lowest BCUT2D eigenvalue weighted by Crippen LogP contribution is -2.40. The second-order valence-corrected chi connectivity index (χ2v) is 9.48. The lowest BCUT2D eigenvalue weighted by molar-refractivity contribution is 0.0730. The third-order valence-corrected chi connectivity index (χ3v) is 6.97. The van der Waals surface area contributed by atoms with E-state index in [1.165, 1.54) is 4.31 Å². The van der Waals surface area contributed by atoms with Crippen LogP contribution in [0.1, 0.15) is 20.3 Å². The molecule has 3 rings (SSSR count). The summed E-state index contributed by atoms with van der Waals surface area (Å²) in [5.74, 6) is 0.655. The molecule has 1 aliphatic heterocycles. The van der Waals surface area contributed by atoms with Gasteiger partial charge in [0, 0.05) is 30.6 Å². The van der Waals surface area contributed by atoms with Gasteiger partial charge < -0.3 is 10.1 Å². The van der Waals surface area contributed by atoms with Gasteiger partial charge in [0.05, 0.1) is 23.8 Å². The van der Waals surface area contributed by atoms with Crippen molar-refractivity contribution in [2.24, 2.45) is 5.92 Å². The van der Waals surface area contributed by atoms with Crippen LogP contribution in [0.15, 0.2) is 34.5 Å². The van der Waals surface area contributed by atoms with Gasteiger partial charge in [-0.3, -0.25) is 0 Å². The number of ether oxygens (including phenoxy) is 1. The first-order valence-corrected chi connectivity index (χ1v) is 11.2. The average Bonchev–Trinajstić information content (AvgIpc) is 3.11. The summed E-state index contributed by atoms with van der Waals surface area (Å²) in [5, 5.41) is 6.22. The van der Waals surface area contributed by atoms with Gasteiger partial charge in [-0.05, 0) is 24.5 Å². The van der Waals surface area contributed by atoms with E-state index in [1.807, 2.05) is 17.5 Å². The summed E-state index contributed by atoms with van der Waals surface area (Å²) >= 11 is 1.57. The van der Waals surface area contributed by atoms with E-state index in [1.54, 1.807) is 23.5 Å². The van der Waals surface area contributed by atoms with Crippen molar-refractivity contribution < 1.29 is 13.2 Å². The molecule has 1 N–H and O–H groups in total. The van der Waals surface area contributed by atoms with Gasteiger partial charge in [0.1, 0.15) is 0 Å². The first kappa shape index (κ1) is 19.3. The molecule has 1 aromatic carbocycles. The molecule has 2 aromatic rings. The maximum absolute atomic E-state index is 12.7. The van der Waals surface area contributed by atoms with E-state index in [0.717, 1.165) is 29.4 Å². The zero-order valence-electron chi connectivity index (χ0n) is 15.1. The second kappa shape index (κ2) is 8.47. The van der Waals surface area contributed by atoms with Gasteiger partial charge in [-0.2, -0.15) is 4.31 Å². The topological polar surface area (TPSA) is 71.5 Å². The molecule has 0 spiro atoms. The largest absolute Gasteiger partial charge is 0.379 e. The Hall–Kier alpha value is -1.48. The predicted molar refractivity (Wildman–Crippen MR) is 105 cm³/mol. The number of nitrogens with one attached hydrogen (secondary N) is 1. The fourth-order valence-corrected chi connectivity index (χ4v) is 4.85. The van der Waals surface area contributed by atoms with Crippen LogP contribution in [0, 0.1) is 5.92 Å². The SMILES string of the molecule is CC(C)CCNc1nc(-c2ccc(S(=O)(=O)N3CCOCC3)cc2)cs1. The van der Waals surface area contributed by atoms with E-state index in [0.29, 0.717) is 37.1 Å². The molecular formula is C18H25N3O3S2. The Bertz CT molecular complexity index is 810. The molecule has 0 amide bonds. The molecule has 1 fully saturated rings. The van der Waals surface area contributed by atoms with Gasteiger partial charge in [-0.25, -0.2) is 13.4 Å². The molecule has 2 heterocycles. The molecule has 0 aliphatic carbocycles. The summed E-state index contributed by atoms with van der Waals surface area (Å²) in [5.41, 5.74) is 1.77. The minimum absolute atomic E-state index is 0.314. The van der Waals surface area contributed by atoms with Gasteiger partial charge in [0.25, 0.3) is 0 Å². The Labute approximate surface area is 159 Å². The van der Waals surface area contributed by atoms with E-state index in [2.05, 4.69) is 24.1 Å². The fraction of sp³-hybridized carbons (Fsp3) is 0.500. The van der Waals surface area contributed by atoms with Crippen molar-refractivity contribution in [1.82, 2.24) is 9.29 Å². The van der Waals surface area contributed by atoms with Crippen LogP contribution in [0.25, 0.3) is 11.3 Å². The molecule has 0 radical (unpaired) electrons. The number of morpholine rings is 1. The number of rotatable bonds is 7. The van der Waals surface area contributed by atoms with Crippen molar-refractivity contribution in [1.29, 1.82) is 0 Å². The molecule has 142 valence electrons. The number of benzene rings is 1. The molecule has 8 heteroatoms. The summed E-state index contributed by atoms with van der Waals surface area (Å²) in [6, 6.07) is 6.96. The number of nitrogens with zero attached hydrogens (tertiary/aromatic N) is 2. The molecule has 0 unspecified atom stereocenters. The Balaban J connectivity index is 1.68. The van der Waals surface area contributed by atoms with Crippen molar-refractivity contribution in [3.8, 4) is 11.3 Å². The Morgan fingerprint density at radius 3 is 2.58 bits per heavy atom. The van der Waals surface area contributed by atoms with Crippen LogP contribution in [0.4, 0.5) is 5.13 Å². The fourth-order valence-electron chi connectivity index (χ4n) is 2.69. The summed E-state index contributed by atoms with van der Waals surface area (Å²) in [7, 11) is -3.45. The lowest BCUT2D eigenvalue weighted by Gasteiger charge is -2.26. The summed E-state index contributed by atoms with van der Waals surface area (Å²) < 4.78 is 32.0. The van der Waals surface area contributed by atoms with E-state index < -0.39 is 10.0 Å². The molecule has 26 heavy (non-hydrogen) atoms. The average molecular weight is 396 g/mol. The zero-order valence-corrected chi connectivity index (χ0v) is 16.8. The normalized spacial score (nSPS) is 16.1. The van der Waals surface area contributed by atoms with Crippen LogP contribution in [0.2, 0.25) is 0 Å². The van der Waals surface area contributed by atoms with Crippen molar-refractivity contribution >= 4 is 26.5 Å². The number of thiazole rings is 1. The van der Waals surface area contributed by atoms with E-state index in [-0.39, 0.29) is 0 Å². The van der Waals surface area contributed by atoms with Gasteiger partial charge in [-0.15, -0.1) is 11.3 Å².